The molecule has 0 aromatic heterocycles. The number of amides is 1. The number of halogens is 2. The summed E-state index contributed by atoms with van der Waals surface area (Å²) in [5.41, 5.74) is 0.596. The average Bonchev–Trinajstić information content (AvgIpc) is 2.43. The van der Waals surface area contributed by atoms with E-state index in [-0.39, 0.29) is 11.8 Å². The average molecular weight is 268 g/mol. The number of hydrogen-bond acceptors (Lipinski definition) is 2. The lowest BCUT2D eigenvalue weighted by atomic mass is 9.98. The number of piperidine rings is 1. The lowest BCUT2D eigenvalue weighted by Crippen LogP contribution is -2.41. The van der Waals surface area contributed by atoms with E-state index in [9.17, 15) is 13.6 Å². The number of benzene rings is 1. The molecule has 1 aromatic rings. The highest BCUT2D eigenvalue weighted by Crippen LogP contribution is 2.15. The Morgan fingerprint density at radius 3 is 2.84 bits per heavy atom. The van der Waals surface area contributed by atoms with Crippen LogP contribution in [-0.2, 0) is 11.3 Å². The van der Waals surface area contributed by atoms with Gasteiger partial charge in [0.1, 0.15) is 0 Å². The second kappa shape index (κ2) is 6.10. The Morgan fingerprint density at radius 2 is 2.21 bits per heavy atom. The van der Waals surface area contributed by atoms with Gasteiger partial charge in [-0.2, -0.15) is 0 Å². The summed E-state index contributed by atoms with van der Waals surface area (Å²) in [7, 11) is 1.69. The normalized spacial score (nSPS) is 19.2. The van der Waals surface area contributed by atoms with E-state index >= 15 is 0 Å². The van der Waals surface area contributed by atoms with Crippen LogP contribution in [0.15, 0.2) is 18.2 Å². The molecule has 1 N–H and O–H groups in total. The molecule has 3 nitrogen and oxygen atoms in total. The molecule has 1 fully saturated rings. The molecule has 1 amide bonds. The maximum atomic E-state index is 13.1. The third-order valence-corrected chi connectivity index (χ3v) is 3.43. The van der Waals surface area contributed by atoms with E-state index in [1.807, 2.05) is 0 Å². The Labute approximate surface area is 111 Å². The predicted octanol–water partition coefficient (Wildman–Crippen LogP) is 1.92. The molecule has 0 spiro atoms. The molecule has 1 heterocycles. The molecular weight excluding hydrogens is 250 g/mol. The fourth-order valence-corrected chi connectivity index (χ4v) is 2.36. The van der Waals surface area contributed by atoms with Crippen LogP contribution in [0.1, 0.15) is 18.4 Å². The van der Waals surface area contributed by atoms with Crippen molar-refractivity contribution in [1.29, 1.82) is 0 Å². The fourth-order valence-electron chi connectivity index (χ4n) is 2.36. The Balaban J connectivity index is 1.97. The van der Waals surface area contributed by atoms with Gasteiger partial charge < -0.3 is 10.2 Å². The van der Waals surface area contributed by atoms with Crippen molar-refractivity contribution in [2.75, 3.05) is 20.1 Å². The minimum atomic E-state index is -0.877. The van der Waals surface area contributed by atoms with Gasteiger partial charge in [0.05, 0.1) is 5.92 Å². The van der Waals surface area contributed by atoms with Crippen LogP contribution >= 0.6 is 0 Å². The highest BCUT2D eigenvalue weighted by molar-refractivity contribution is 5.78. The van der Waals surface area contributed by atoms with Crippen molar-refractivity contribution in [3.63, 3.8) is 0 Å². The molecule has 5 heteroatoms. The minimum absolute atomic E-state index is 0.0101. The van der Waals surface area contributed by atoms with Crippen LogP contribution in [0.3, 0.4) is 0 Å². The van der Waals surface area contributed by atoms with E-state index in [0.717, 1.165) is 31.5 Å². The van der Waals surface area contributed by atoms with Crippen molar-refractivity contribution < 1.29 is 13.6 Å². The fraction of sp³-hybridized carbons (Fsp3) is 0.500. The number of nitrogens with one attached hydrogen (secondary N) is 1. The molecule has 0 bridgehead atoms. The van der Waals surface area contributed by atoms with Crippen LogP contribution in [0.2, 0.25) is 0 Å². The van der Waals surface area contributed by atoms with Gasteiger partial charge in [0.25, 0.3) is 0 Å². The lowest BCUT2D eigenvalue weighted by Gasteiger charge is -2.27. The molecule has 0 saturated carbocycles. The van der Waals surface area contributed by atoms with Gasteiger partial charge >= 0.3 is 0 Å². The molecular formula is C14H18F2N2O. The van der Waals surface area contributed by atoms with Crippen molar-refractivity contribution >= 4 is 5.91 Å². The summed E-state index contributed by atoms with van der Waals surface area (Å²) >= 11 is 0. The van der Waals surface area contributed by atoms with Crippen LogP contribution in [0.25, 0.3) is 0 Å². The monoisotopic (exact) mass is 268 g/mol. The van der Waals surface area contributed by atoms with Crippen LogP contribution in [0.5, 0.6) is 0 Å². The second-order valence-electron chi connectivity index (χ2n) is 4.99. The largest absolute Gasteiger partial charge is 0.341 e. The molecule has 1 saturated heterocycles. The van der Waals surface area contributed by atoms with E-state index in [2.05, 4.69) is 5.32 Å². The van der Waals surface area contributed by atoms with Crippen molar-refractivity contribution in [3.8, 4) is 0 Å². The molecule has 1 aliphatic heterocycles. The number of carbonyl (C=O) groups is 1. The summed E-state index contributed by atoms with van der Waals surface area (Å²) in [6, 6.07) is 3.73. The van der Waals surface area contributed by atoms with Gasteiger partial charge in [-0.3, -0.25) is 4.79 Å². The summed E-state index contributed by atoms with van der Waals surface area (Å²) in [6.07, 6.45) is 1.88. The standard InChI is InChI=1S/C14H18F2N2O/c1-18(14(19)11-3-2-6-17-8-11)9-10-4-5-12(15)13(16)7-10/h4-5,7,11,17H,2-3,6,8-9H2,1H3. The zero-order chi connectivity index (χ0) is 13.8. The third-order valence-electron chi connectivity index (χ3n) is 3.43. The van der Waals surface area contributed by atoms with Crippen LogP contribution in [-0.4, -0.2) is 30.9 Å². The molecule has 104 valence electrons. The van der Waals surface area contributed by atoms with E-state index in [1.165, 1.54) is 6.07 Å². The van der Waals surface area contributed by atoms with Gasteiger partial charge in [-0.15, -0.1) is 0 Å². The van der Waals surface area contributed by atoms with Crippen molar-refractivity contribution in [2.45, 2.75) is 19.4 Å². The molecule has 0 aliphatic carbocycles. The van der Waals surface area contributed by atoms with E-state index in [1.54, 1.807) is 11.9 Å². The van der Waals surface area contributed by atoms with Gasteiger partial charge in [0, 0.05) is 20.1 Å². The highest BCUT2D eigenvalue weighted by Gasteiger charge is 2.23. The zero-order valence-electron chi connectivity index (χ0n) is 11.0. The minimum Gasteiger partial charge on any atom is -0.341 e. The lowest BCUT2D eigenvalue weighted by molar-refractivity contribution is -0.135. The van der Waals surface area contributed by atoms with Crippen molar-refractivity contribution in [3.05, 3.63) is 35.4 Å². The van der Waals surface area contributed by atoms with Gasteiger partial charge in [-0.25, -0.2) is 8.78 Å². The SMILES string of the molecule is CN(Cc1ccc(F)c(F)c1)C(=O)C1CCCNC1. The first-order valence-electron chi connectivity index (χ1n) is 6.47. The Kier molecular flexibility index (Phi) is 4.47. The summed E-state index contributed by atoms with van der Waals surface area (Å²) in [5.74, 6) is -1.70. The maximum Gasteiger partial charge on any atom is 0.227 e. The summed E-state index contributed by atoms with van der Waals surface area (Å²) in [5, 5.41) is 3.19. The van der Waals surface area contributed by atoms with E-state index in [0.29, 0.717) is 18.7 Å². The van der Waals surface area contributed by atoms with Crippen molar-refractivity contribution in [2.24, 2.45) is 5.92 Å². The number of rotatable bonds is 3. The topological polar surface area (TPSA) is 32.3 Å². The molecule has 1 unspecified atom stereocenters. The molecule has 1 atom stereocenters. The quantitative estimate of drug-likeness (QED) is 0.908. The van der Waals surface area contributed by atoms with Gasteiger partial charge in [0.2, 0.25) is 5.91 Å². The van der Waals surface area contributed by atoms with Crippen LogP contribution in [0.4, 0.5) is 8.78 Å². The maximum absolute atomic E-state index is 13.1. The number of hydrogen-bond donors (Lipinski definition) is 1. The van der Waals surface area contributed by atoms with E-state index < -0.39 is 11.6 Å². The Bertz CT molecular complexity index is 459. The van der Waals surface area contributed by atoms with Gasteiger partial charge in [0.15, 0.2) is 11.6 Å². The third kappa shape index (κ3) is 3.50. The van der Waals surface area contributed by atoms with Crippen molar-refractivity contribution in [1.82, 2.24) is 10.2 Å². The first-order chi connectivity index (χ1) is 9.08. The Morgan fingerprint density at radius 1 is 1.42 bits per heavy atom. The molecule has 2 rings (SSSR count). The molecule has 19 heavy (non-hydrogen) atoms. The summed E-state index contributed by atoms with van der Waals surface area (Å²) in [4.78, 5) is 13.7. The van der Waals surface area contributed by atoms with Gasteiger partial charge in [-0.05, 0) is 37.1 Å². The second-order valence-corrected chi connectivity index (χ2v) is 4.99. The smallest absolute Gasteiger partial charge is 0.227 e. The summed E-state index contributed by atoms with van der Waals surface area (Å²) < 4.78 is 25.9. The zero-order valence-corrected chi connectivity index (χ0v) is 11.0. The number of carbonyl (C=O) groups excluding carboxylic acids is 1. The highest BCUT2D eigenvalue weighted by atomic mass is 19.2. The number of nitrogens with zero attached hydrogens (tertiary/aromatic N) is 1. The first-order valence-corrected chi connectivity index (χ1v) is 6.47. The van der Waals surface area contributed by atoms with Crippen LogP contribution < -0.4 is 5.32 Å². The summed E-state index contributed by atoms with van der Waals surface area (Å²) in [6.45, 7) is 1.95. The molecule has 1 aliphatic rings. The predicted molar refractivity (Wildman–Crippen MR) is 68.4 cm³/mol. The van der Waals surface area contributed by atoms with E-state index in [4.69, 9.17) is 0 Å². The molecule has 1 aromatic carbocycles. The Hall–Kier alpha value is -1.49. The first kappa shape index (κ1) is 13.9. The van der Waals surface area contributed by atoms with Crippen LogP contribution in [0, 0.1) is 17.6 Å². The van der Waals surface area contributed by atoms with Gasteiger partial charge in [-0.1, -0.05) is 6.07 Å². The molecule has 0 radical (unpaired) electrons.